The third-order valence-corrected chi connectivity index (χ3v) is 6.11. The van der Waals surface area contributed by atoms with Crippen molar-refractivity contribution in [3.8, 4) is 0 Å². The molecule has 0 bridgehead atoms. The molecule has 0 radical (unpaired) electrons. The fourth-order valence-electron chi connectivity index (χ4n) is 2.31. The Bertz CT molecular complexity index is 805. The largest absolute Gasteiger partial charge is 0.326 e. The highest BCUT2D eigenvalue weighted by molar-refractivity contribution is 7.89. The second kappa shape index (κ2) is 7.68. The molecular formula is C18H24N2O3S2. The van der Waals surface area contributed by atoms with Gasteiger partial charge in [0.25, 0.3) is 0 Å². The molecule has 1 heterocycles. The number of amides is 1. The summed E-state index contributed by atoms with van der Waals surface area (Å²) >= 11 is 1.53. The Labute approximate surface area is 153 Å². The average Bonchev–Trinajstić information content (AvgIpc) is 3.06. The van der Waals surface area contributed by atoms with Crippen molar-refractivity contribution in [2.24, 2.45) is 5.41 Å². The number of hydrogen-bond acceptors (Lipinski definition) is 4. The van der Waals surface area contributed by atoms with E-state index in [9.17, 15) is 13.2 Å². The van der Waals surface area contributed by atoms with Crippen LogP contribution in [0.3, 0.4) is 0 Å². The first-order valence-electron chi connectivity index (χ1n) is 8.09. The lowest BCUT2D eigenvalue weighted by molar-refractivity contribution is -0.115. The van der Waals surface area contributed by atoms with E-state index in [0.717, 1.165) is 4.88 Å². The molecule has 2 aromatic rings. The van der Waals surface area contributed by atoms with E-state index < -0.39 is 10.0 Å². The van der Waals surface area contributed by atoms with Crippen molar-refractivity contribution in [1.82, 2.24) is 4.72 Å². The van der Waals surface area contributed by atoms with Gasteiger partial charge in [0.1, 0.15) is 0 Å². The number of anilines is 1. The number of carbonyl (C=O) groups excluding carboxylic acids is 1. The number of thiophene rings is 1. The Hall–Kier alpha value is -1.70. The van der Waals surface area contributed by atoms with Gasteiger partial charge >= 0.3 is 0 Å². The molecule has 0 aliphatic carbocycles. The fourth-order valence-corrected chi connectivity index (χ4v) is 4.82. The summed E-state index contributed by atoms with van der Waals surface area (Å²) in [6, 6.07) is 9.73. The highest BCUT2D eigenvalue weighted by atomic mass is 32.2. The summed E-state index contributed by atoms with van der Waals surface area (Å²) in [7, 11) is -3.68. The van der Waals surface area contributed by atoms with Gasteiger partial charge in [-0.3, -0.25) is 4.79 Å². The minimum atomic E-state index is -3.68. The highest BCUT2D eigenvalue weighted by Crippen LogP contribution is 2.36. The number of rotatable bonds is 6. The van der Waals surface area contributed by atoms with Crippen LogP contribution in [0.25, 0.3) is 0 Å². The van der Waals surface area contributed by atoms with E-state index >= 15 is 0 Å². The second-order valence-electron chi connectivity index (χ2n) is 6.86. The van der Waals surface area contributed by atoms with Crippen molar-refractivity contribution < 1.29 is 13.2 Å². The van der Waals surface area contributed by atoms with Gasteiger partial charge in [0.2, 0.25) is 15.9 Å². The maximum atomic E-state index is 12.8. The molecule has 0 spiro atoms. The summed E-state index contributed by atoms with van der Waals surface area (Å²) in [5, 5.41) is 4.64. The molecule has 1 aromatic carbocycles. The molecular weight excluding hydrogens is 356 g/mol. The number of nitrogens with one attached hydrogen (secondary N) is 2. The van der Waals surface area contributed by atoms with Crippen molar-refractivity contribution in [3.63, 3.8) is 0 Å². The van der Waals surface area contributed by atoms with Gasteiger partial charge in [-0.15, -0.1) is 11.3 Å². The minimum Gasteiger partial charge on any atom is -0.326 e. The van der Waals surface area contributed by atoms with Crippen molar-refractivity contribution >= 4 is 33.0 Å². The summed E-state index contributed by atoms with van der Waals surface area (Å²) in [5.41, 5.74) is 0.309. The van der Waals surface area contributed by atoms with Crippen LogP contribution in [0, 0.1) is 5.41 Å². The Morgan fingerprint density at radius 3 is 2.28 bits per heavy atom. The van der Waals surface area contributed by atoms with E-state index in [4.69, 9.17) is 0 Å². The van der Waals surface area contributed by atoms with Gasteiger partial charge in [-0.05, 0) is 41.1 Å². The predicted octanol–water partition coefficient (Wildman–Crippen LogP) is 4.16. The van der Waals surface area contributed by atoms with E-state index in [2.05, 4.69) is 10.0 Å². The van der Waals surface area contributed by atoms with E-state index in [1.807, 2.05) is 38.3 Å². The SMILES string of the molecule is CCC(=O)Nc1ccc(S(=O)(=O)NC(c2cccs2)C(C)(C)C)cc1. The van der Waals surface area contributed by atoms with Gasteiger partial charge in [0, 0.05) is 17.0 Å². The highest BCUT2D eigenvalue weighted by Gasteiger charge is 2.31. The molecule has 0 saturated heterocycles. The monoisotopic (exact) mass is 380 g/mol. The average molecular weight is 381 g/mol. The summed E-state index contributed by atoms with van der Waals surface area (Å²) in [6.07, 6.45) is 0.371. The standard InChI is InChI=1S/C18H24N2O3S2/c1-5-16(21)19-13-8-10-14(11-9-13)25(22,23)20-17(18(2,3)4)15-7-6-12-24-15/h6-12,17,20H,5H2,1-4H3,(H,19,21). The van der Waals surface area contributed by atoms with Crippen LogP contribution in [-0.4, -0.2) is 14.3 Å². The first-order valence-corrected chi connectivity index (χ1v) is 10.5. The Morgan fingerprint density at radius 1 is 1.16 bits per heavy atom. The molecule has 1 unspecified atom stereocenters. The van der Waals surface area contributed by atoms with Gasteiger partial charge in [-0.2, -0.15) is 0 Å². The smallest absolute Gasteiger partial charge is 0.241 e. The van der Waals surface area contributed by atoms with Crippen molar-refractivity contribution in [2.45, 2.75) is 45.1 Å². The van der Waals surface area contributed by atoms with Crippen LogP contribution in [0.1, 0.15) is 45.0 Å². The van der Waals surface area contributed by atoms with Crippen LogP contribution in [-0.2, 0) is 14.8 Å². The summed E-state index contributed by atoms with van der Waals surface area (Å²) in [5.74, 6) is -0.112. The van der Waals surface area contributed by atoms with Gasteiger partial charge in [-0.25, -0.2) is 13.1 Å². The lowest BCUT2D eigenvalue weighted by atomic mass is 9.86. The molecule has 0 fully saturated rings. The molecule has 7 heteroatoms. The Kier molecular flexibility index (Phi) is 6.03. The van der Waals surface area contributed by atoms with Crippen molar-refractivity contribution in [3.05, 3.63) is 46.7 Å². The number of carbonyl (C=O) groups is 1. The van der Waals surface area contributed by atoms with Crippen molar-refractivity contribution in [2.75, 3.05) is 5.32 Å². The number of sulfonamides is 1. The molecule has 0 aliphatic rings. The second-order valence-corrected chi connectivity index (χ2v) is 9.56. The first kappa shape index (κ1) is 19.6. The zero-order chi connectivity index (χ0) is 18.7. The van der Waals surface area contributed by atoms with E-state index in [1.165, 1.54) is 23.5 Å². The molecule has 2 N–H and O–H groups in total. The summed E-state index contributed by atoms with van der Waals surface area (Å²) < 4.78 is 28.4. The first-order chi connectivity index (χ1) is 11.6. The lowest BCUT2D eigenvalue weighted by Crippen LogP contribution is -2.36. The molecule has 2 rings (SSSR count). The van der Waals surface area contributed by atoms with Crippen LogP contribution < -0.4 is 10.0 Å². The molecule has 1 atom stereocenters. The van der Waals surface area contributed by atoms with Crippen LogP contribution in [0.4, 0.5) is 5.69 Å². The van der Waals surface area contributed by atoms with E-state index in [0.29, 0.717) is 12.1 Å². The quantitative estimate of drug-likeness (QED) is 0.790. The van der Waals surface area contributed by atoms with Crippen molar-refractivity contribution in [1.29, 1.82) is 0 Å². The normalized spacial score (nSPS) is 13.4. The van der Waals surface area contributed by atoms with Gasteiger partial charge in [0.05, 0.1) is 10.9 Å². The third-order valence-electron chi connectivity index (χ3n) is 3.74. The maximum Gasteiger partial charge on any atom is 0.241 e. The number of hydrogen-bond donors (Lipinski definition) is 2. The molecule has 0 aliphatic heterocycles. The zero-order valence-corrected chi connectivity index (χ0v) is 16.5. The lowest BCUT2D eigenvalue weighted by Gasteiger charge is -2.30. The van der Waals surface area contributed by atoms with E-state index in [1.54, 1.807) is 19.1 Å². The molecule has 25 heavy (non-hydrogen) atoms. The fraction of sp³-hybridized carbons (Fsp3) is 0.389. The topological polar surface area (TPSA) is 75.3 Å². The zero-order valence-electron chi connectivity index (χ0n) is 14.9. The van der Waals surface area contributed by atoms with E-state index in [-0.39, 0.29) is 22.3 Å². The maximum absolute atomic E-state index is 12.8. The Morgan fingerprint density at radius 2 is 1.80 bits per heavy atom. The molecule has 5 nitrogen and oxygen atoms in total. The number of benzene rings is 1. The van der Waals surface area contributed by atoms with Gasteiger partial charge in [0.15, 0.2) is 0 Å². The van der Waals surface area contributed by atoms with Gasteiger partial charge in [-0.1, -0.05) is 33.8 Å². The Balaban J connectivity index is 2.24. The summed E-state index contributed by atoms with van der Waals surface area (Å²) in [4.78, 5) is 12.6. The minimum absolute atomic E-state index is 0.112. The molecule has 1 aromatic heterocycles. The van der Waals surface area contributed by atoms with Gasteiger partial charge < -0.3 is 5.32 Å². The van der Waals surface area contributed by atoms with Crippen LogP contribution in [0.5, 0.6) is 0 Å². The summed E-state index contributed by atoms with van der Waals surface area (Å²) in [6.45, 7) is 7.77. The predicted molar refractivity (Wildman–Crippen MR) is 102 cm³/mol. The molecule has 136 valence electrons. The molecule has 0 saturated carbocycles. The van der Waals surface area contributed by atoms with Crippen LogP contribution in [0.2, 0.25) is 0 Å². The van der Waals surface area contributed by atoms with Crippen LogP contribution in [0.15, 0.2) is 46.7 Å². The molecule has 1 amide bonds. The van der Waals surface area contributed by atoms with Crippen LogP contribution >= 0.6 is 11.3 Å². The third kappa shape index (κ3) is 5.14.